The maximum atomic E-state index is 13.3. The minimum Gasteiger partial charge on any atom is -0.465 e. The fourth-order valence-electron chi connectivity index (χ4n) is 2.52. The van der Waals surface area contributed by atoms with E-state index in [-0.39, 0.29) is 5.02 Å². The zero-order chi connectivity index (χ0) is 17.3. The molecule has 3 rings (SSSR count). The minimum atomic E-state index is -0.500. The van der Waals surface area contributed by atoms with Gasteiger partial charge in [0, 0.05) is 11.9 Å². The number of aromatic nitrogens is 3. The van der Waals surface area contributed by atoms with Gasteiger partial charge in [-0.2, -0.15) is 5.10 Å². The van der Waals surface area contributed by atoms with E-state index >= 15 is 0 Å². The van der Waals surface area contributed by atoms with E-state index in [1.54, 1.807) is 16.8 Å². The Labute approximate surface area is 142 Å². The zero-order valence-corrected chi connectivity index (χ0v) is 13.8. The molecule has 0 aliphatic carbocycles. The van der Waals surface area contributed by atoms with Crippen molar-refractivity contribution in [1.82, 2.24) is 14.6 Å². The zero-order valence-electron chi connectivity index (χ0n) is 13.0. The highest BCUT2D eigenvalue weighted by atomic mass is 35.5. The van der Waals surface area contributed by atoms with E-state index in [4.69, 9.17) is 16.3 Å². The highest BCUT2D eigenvalue weighted by Crippen LogP contribution is 2.28. The third-order valence-corrected chi connectivity index (χ3v) is 3.91. The van der Waals surface area contributed by atoms with Crippen LogP contribution in [0.4, 0.5) is 15.9 Å². The third-order valence-electron chi connectivity index (χ3n) is 3.62. The molecule has 6 nitrogen and oxygen atoms in total. The van der Waals surface area contributed by atoms with Gasteiger partial charge < -0.3 is 10.1 Å². The van der Waals surface area contributed by atoms with Gasteiger partial charge in [-0.25, -0.2) is 18.7 Å². The summed E-state index contributed by atoms with van der Waals surface area (Å²) in [6, 6.07) is 4.28. The van der Waals surface area contributed by atoms with Crippen LogP contribution >= 0.6 is 11.6 Å². The van der Waals surface area contributed by atoms with E-state index in [2.05, 4.69) is 15.4 Å². The number of nitrogens with one attached hydrogen (secondary N) is 1. The third kappa shape index (κ3) is 2.78. The van der Waals surface area contributed by atoms with Gasteiger partial charge in [0.2, 0.25) is 0 Å². The number of anilines is 2. The van der Waals surface area contributed by atoms with E-state index in [0.717, 1.165) is 5.56 Å². The second-order valence-electron chi connectivity index (χ2n) is 5.02. The van der Waals surface area contributed by atoms with Gasteiger partial charge in [-0.3, -0.25) is 0 Å². The molecular weight excluding hydrogens is 335 g/mol. The van der Waals surface area contributed by atoms with Gasteiger partial charge in [-0.1, -0.05) is 18.5 Å². The normalized spacial score (nSPS) is 10.8. The Hall–Kier alpha value is -2.67. The number of benzene rings is 1. The number of fused-ring (bicyclic) bond motifs is 1. The van der Waals surface area contributed by atoms with Crippen molar-refractivity contribution in [2.24, 2.45) is 0 Å². The van der Waals surface area contributed by atoms with Crippen LogP contribution in [0.3, 0.4) is 0 Å². The fourth-order valence-corrected chi connectivity index (χ4v) is 2.70. The van der Waals surface area contributed by atoms with Crippen LogP contribution in [0, 0.1) is 5.82 Å². The number of aryl methyl sites for hydroxylation is 1. The Morgan fingerprint density at radius 1 is 1.46 bits per heavy atom. The summed E-state index contributed by atoms with van der Waals surface area (Å²) in [5.41, 5.74) is 2.42. The standard InChI is InChI=1S/C16H14ClFN4O2/c1-3-10-11(16(23)24-2)7-22-14(10)15(19-8-20-22)21-9-4-5-13(18)12(17)6-9/h4-8H,3H2,1-2H3,(H,19,20,21). The van der Waals surface area contributed by atoms with Gasteiger partial charge in [-0.05, 0) is 30.2 Å². The quantitative estimate of drug-likeness (QED) is 0.729. The molecule has 1 N–H and O–H groups in total. The molecule has 0 atom stereocenters. The monoisotopic (exact) mass is 348 g/mol. The smallest absolute Gasteiger partial charge is 0.339 e. The van der Waals surface area contributed by atoms with Gasteiger partial charge >= 0.3 is 5.97 Å². The van der Waals surface area contributed by atoms with Crippen LogP contribution in [0.5, 0.6) is 0 Å². The van der Waals surface area contributed by atoms with Crippen molar-refractivity contribution in [3.63, 3.8) is 0 Å². The Morgan fingerprint density at radius 2 is 2.25 bits per heavy atom. The first-order valence-electron chi connectivity index (χ1n) is 7.20. The number of carbonyl (C=O) groups excluding carboxylic acids is 1. The lowest BCUT2D eigenvalue weighted by Crippen LogP contribution is -2.03. The first-order chi connectivity index (χ1) is 11.5. The summed E-state index contributed by atoms with van der Waals surface area (Å²) < 4.78 is 19.7. The number of halogens is 2. The Balaban J connectivity index is 2.12. The number of hydrogen-bond donors (Lipinski definition) is 1. The second kappa shape index (κ2) is 6.45. The Kier molecular flexibility index (Phi) is 4.35. The summed E-state index contributed by atoms with van der Waals surface area (Å²) in [6.45, 7) is 1.92. The minimum absolute atomic E-state index is 0.00595. The van der Waals surface area contributed by atoms with E-state index in [0.29, 0.717) is 29.0 Å². The molecule has 0 amide bonds. The molecule has 3 aromatic rings. The molecule has 0 saturated heterocycles. The largest absolute Gasteiger partial charge is 0.465 e. The summed E-state index contributed by atoms with van der Waals surface area (Å²) in [5, 5.41) is 7.22. The average Bonchev–Trinajstić information content (AvgIpc) is 2.97. The van der Waals surface area contributed by atoms with Crippen molar-refractivity contribution in [3.05, 3.63) is 52.7 Å². The lowest BCUT2D eigenvalue weighted by atomic mass is 10.1. The predicted molar refractivity (Wildman–Crippen MR) is 88.4 cm³/mol. The second-order valence-corrected chi connectivity index (χ2v) is 5.43. The fraction of sp³-hybridized carbons (Fsp3) is 0.188. The number of esters is 1. The summed E-state index contributed by atoms with van der Waals surface area (Å²) in [4.78, 5) is 16.2. The molecule has 0 saturated carbocycles. The van der Waals surface area contributed by atoms with Crippen molar-refractivity contribution in [2.75, 3.05) is 12.4 Å². The van der Waals surface area contributed by atoms with Crippen molar-refractivity contribution < 1.29 is 13.9 Å². The highest BCUT2D eigenvalue weighted by Gasteiger charge is 2.20. The molecule has 24 heavy (non-hydrogen) atoms. The van der Waals surface area contributed by atoms with E-state index in [1.807, 2.05) is 6.92 Å². The molecule has 2 heterocycles. The summed E-state index contributed by atoms with van der Waals surface area (Å²) in [5.74, 6) is -0.451. The lowest BCUT2D eigenvalue weighted by Gasteiger charge is -2.09. The summed E-state index contributed by atoms with van der Waals surface area (Å²) >= 11 is 5.81. The molecule has 2 aromatic heterocycles. The highest BCUT2D eigenvalue weighted by molar-refractivity contribution is 6.31. The van der Waals surface area contributed by atoms with Crippen LogP contribution in [0.2, 0.25) is 5.02 Å². The van der Waals surface area contributed by atoms with E-state index < -0.39 is 11.8 Å². The van der Waals surface area contributed by atoms with Crippen LogP contribution in [-0.2, 0) is 11.2 Å². The summed E-state index contributed by atoms with van der Waals surface area (Å²) in [7, 11) is 1.33. The maximum absolute atomic E-state index is 13.3. The van der Waals surface area contributed by atoms with Crippen LogP contribution < -0.4 is 5.32 Å². The number of carbonyl (C=O) groups is 1. The van der Waals surface area contributed by atoms with Crippen molar-refractivity contribution in [2.45, 2.75) is 13.3 Å². The van der Waals surface area contributed by atoms with Crippen molar-refractivity contribution >= 4 is 34.6 Å². The van der Waals surface area contributed by atoms with Gasteiger partial charge in [0.25, 0.3) is 0 Å². The Morgan fingerprint density at radius 3 is 2.92 bits per heavy atom. The Bertz CT molecular complexity index is 926. The molecule has 1 aromatic carbocycles. The molecule has 0 bridgehead atoms. The number of hydrogen-bond acceptors (Lipinski definition) is 5. The first kappa shape index (κ1) is 16.2. The van der Waals surface area contributed by atoms with Crippen LogP contribution in [-0.4, -0.2) is 27.7 Å². The maximum Gasteiger partial charge on any atom is 0.339 e. The molecule has 0 radical (unpaired) electrons. The lowest BCUT2D eigenvalue weighted by molar-refractivity contribution is 0.0599. The van der Waals surface area contributed by atoms with Gasteiger partial charge in [0.05, 0.1) is 17.7 Å². The summed E-state index contributed by atoms with van der Waals surface area (Å²) in [6.07, 6.45) is 3.55. The van der Waals surface area contributed by atoms with Crippen LogP contribution in [0.1, 0.15) is 22.8 Å². The van der Waals surface area contributed by atoms with Gasteiger partial charge in [0.1, 0.15) is 17.7 Å². The molecule has 0 unspecified atom stereocenters. The average molecular weight is 349 g/mol. The number of ether oxygens (including phenoxy) is 1. The molecule has 0 fully saturated rings. The van der Waals surface area contributed by atoms with E-state index in [1.165, 1.54) is 25.6 Å². The number of nitrogens with zero attached hydrogens (tertiary/aromatic N) is 3. The van der Waals surface area contributed by atoms with Crippen molar-refractivity contribution in [1.29, 1.82) is 0 Å². The molecule has 0 aliphatic heterocycles. The SMILES string of the molecule is CCc1c(C(=O)OC)cn2ncnc(Nc3ccc(F)c(Cl)c3)c12. The molecule has 0 aliphatic rings. The van der Waals surface area contributed by atoms with Crippen LogP contribution in [0.25, 0.3) is 5.52 Å². The van der Waals surface area contributed by atoms with Gasteiger partial charge in [-0.15, -0.1) is 0 Å². The number of methoxy groups -OCH3 is 1. The molecule has 0 spiro atoms. The number of rotatable bonds is 4. The van der Waals surface area contributed by atoms with E-state index in [9.17, 15) is 9.18 Å². The van der Waals surface area contributed by atoms with Crippen molar-refractivity contribution in [3.8, 4) is 0 Å². The first-order valence-corrected chi connectivity index (χ1v) is 7.58. The topological polar surface area (TPSA) is 68.5 Å². The predicted octanol–water partition coefficient (Wildman–Crippen LogP) is 3.61. The molecular formula is C16H14ClFN4O2. The molecule has 124 valence electrons. The molecule has 8 heteroatoms. The van der Waals surface area contributed by atoms with Crippen LogP contribution in [0.15, 0.2) is 30.7 Å². The van der Waals surface area contributed by atoms with Gasteiger partial charge in [0.15, 0.2) is 5.82 Å².